The number of carbonyl (C=O) groups excluding carboxylic acids is 2. The molecular formula is C21H20N4O2. The molecule has 27 heavy (non-hydrogen) atoms. The van der Waals surface area contributed by atoms with Crippen molar-refractivity contribution in [1.82, 2.24) is 9.97 Å². The minimum absolute atomic E-state index is 0.0614. The summed E-state index contributed by atoms with van der Waals surface area (Å²) < 4.78 is 0. The number of benzene rings is 2. The van der Waals surface area contributed by atoms with Crippen LogP contribution >= 0.6 is 0 Å². The number of anilines is 3. The second-order valence-electron chi connectivity index (χ2n) is 6.03. The number of hydrogen-bond acceptors (Lipinski definition) is 5. The molecule has 1 heterocycles. The third kappa shape index (κ3) is 4.76. The van der Waals surface area contributed by atoms with Gasteiger partial charge in [-0.2, -0.15) is 0 Å². The number of nitrogens with one attached hydrogen (secondary N) is 2. The number of amides is 1. The lowest BCUT2D eigenvalue weighted by atomic mass is 10.1. The Hall–Kier alpha value is -3.54. The lowest BCUT2D eigenvalue weighted by Gasteiger charge is -2.08. The number of carbonyl (C=O) groups is 2. The maximum absolute atomic E-state index is 12.5. The van der Waals surface area contributed by atoms with E-state index in [1.54, 1.807) is 24.3 Å². The van der Waals surface area contributed by atoms with Gasteiger partial charge in [0.2, 0.25) is 5.95 Å². The minimum Gasteiger partial charge on any atom is -0.324 e. The van der Waals surface area contributed by atoms with E-state index in [9.17, 15) is 9.59 Å². The third-order valence-electron chi connectivity index (χ3n) is 4.03. The summed E-state index contributed by atoms with van der Waals surface area (Å²) in [6, 6.07) is 16.3. The molecule has 0 saturated heterocycles. The maximum atomic E-state index is 12.5. The normalized spacial score (nSPS) is 10.3. The molecule has 0 spiro atoms. The Balaban J connectivity index is 1.73. The van der Waals surface area contributed by atoms with Gasteiger partial charge >= 0.3 is 0 Å². The van der Waals surface area contributed by atoms with E-state index >= 15 is 0 Å². The first-order valence-electron chi connectivity index (χ1n) is 8.66. The molecule has 0 unspecified atom stereocenters. The van der Waals surface area contributed by atoms with Crippen molar-refractivity contribution in [2.45, 2.75) is 20.3 Å². The zero-order valence-corrected chi connectivity index (χ0v) is 15.2. The van der Waals surface area contributed by atoms with Gasteiger partial charge in [-0.15, -0.1) is 0 Å². The number of hydrogen-bond donors (Lipinski definition) is 2. The molecule has 0 atom stereocenters. The zero-order valence-electron chi connectivity index (χ0n) is 15.2. The van der Waals surface area contributed by atoms with Gasteiger partial charge in [-0.3, -0.25) is 9.59 Å². The molecular weight excluding hydrogens is 340 g/mol. The van der Waals surface area contributed by atoms with E-state index in [4.69, 9.17) is 0 Å². The van der Waals surface area contributed by atoms with Crippen LogP contribution in [0.25, 0.3) is 0 Å². The van der Waals surface area contributed by atoms with Gasteiger partial charge in [-0.1, -0.05) is 31.2 Å². The lowest BCUT2D eigenvalue weighted by molar-refractivity contribution is 0.100. The summed E-state index contributed by atoms with van der Waals surface area (Å²) in [5.74, 6) is -0.0967. The molecule has 3 aromatic rings. The van der Waals surface area contributed by atoms with Crippen LogP contribution in [0.15, 0.2) is 60.8 Å². The summed E-state index contributed by atoms with van der Waals surface area (Å²) in [4.78, 5) is 32.4. The molecule has 6 heteroatoms. The van der Waals surface area contributed by atoms with Crippen molar-refractivity contribution in [2.75, 3.05) is 10.6 Å². The SMILES string of the molecule is CCc1ccc(Nc2nccc(C(=O)Nc3cccc(C(C)=O)c3)n2)cc1. The van der Waals surface area contributed by atoms with Gasteiger partial charge in [-0.25, -0.2) is 9.97 Å². The molecule has 0 bridgehead atoms. The highest BCUT2D eigenvalue weighted by atomic mass is 16.2. The first-order chi connectivity index (χ1) is 13.0. The molecule has 2 aromatic carbocycles. The second-order valence-corrected chi connectivity index (χ2v) is 6.03. The molecule has 0 aliphatic carbocycles. The van der Waals surface area contributed by atoms with E-state index in [2.05, 4.69) is 27.5 Å². The van der Waals surface area contributed by atoms with E-state index < -0.39 is 0 Å². The molecule has 0 radical (unpaired) electrons. The van der Waals surface area contributed by atoms with Crippen molar-refractivity contribution in [3.8, 4) is 0 Å². The fourth-order valence-electron chi connectivity index (χ4n) is 2.51. The number of aryl methyl sites for hydroxylation is 1. The van der Waals surface area contributed by atoms with Crippen molar-refractivity contribution in [3.05, 3.63) is 77.6 Å². The van der Waals surface area contributed by atoms with Gasteiger partial charge in [0.05, 0.1) is 0 Å². The predicted molar refractivity (Wildman–Crippen MR) is 106 cm³/mol. The van der Waals surface area contributed by atoms with Crippen LogP contribution in [-0.2, 0) is 6.42 Å². The van der Waals surface area contributed by atoms with Crippen LogP contribution in [0, 0.1) is 0 Å². The summed E-state index contributed by atoms with van der Waals surface area (Å²) in [6.45, 7) is 3.58. The topological polar surface area (TPSA) is 84.0 Å². The van der Waals surface area contributed by atoms with Crippen LogP contribution in [0.3, 0.4) is 0 Å². The van der Waals surface area contributed by atoms with Gasteiger partial charge in [0.25, 0.3) is 5.91 Å². The Morgan fingerprint density at radius 2 is 1.78 bits per heavy atom. The lowest BCUT2D eigenvalue weighted by Crippen LogP contribution is -2.15. The zero-order chi connectivity index (χ0) is 19.2. The Labute approximate surface area is 157 Å². The van der Waals surface area contributed by atoms with Crippen molar-refractivity contribution in [2.24, 2.45) is 0 Å². The largest absolute Gasteiger partial charge is 0.324 e. The quantitative estimate of drug-likeness (QED) is 0.643. The van der Waals surface area contributed by atoms with Gasteiger partial charge in [0.15, 0.2) is 5.78 Å². The van der Waals surface area contributed by atoms with Crippen LogP contribution in [0.4, 0.5) is 17.3 Å². The molecule has 2 N–H and O–H groups in total. The molecule has 0 fully saturated rings. The molecule has 6 nitrogen and oxygen atoms in total. The fourth-order valence-corrected chi connectivity index (χ4v) is 2.51. The first kappa shape index (κ1) is 18.3. The van der Waals surface area contributed by atoms with Crippen molar-refractivity contribution >= 4 is 29.0 Å². The van der Waals surface area contributed by atoms with Crippen LogP contribution < -0.4 is 10.6 Å². The van der Waals surface area contributed by atoms with Crippen molar-refractivity contribution in [3.63, 3.8) is 0 Å². The van der Waals surface area contributed by atoms with Gasteiger partial charge < -0.3 is 10.6 Å². The number of rotatable bonds is 6. The highest BCUT2D eigenvalue weighted by Crippen LogP contribution is 2.16. The molecule has 0 aliphatic heterocycles. The Morgan fingerprint density at radius 3 is 2.48 bits per heavy atom. The van der Waals surface area contributed by atoms with Crippen molar-refractivity contribution < 1.29 is 9.59 Å². The van der Waals surface area contributed by atoms with Gasteiger partial charge in [0.1, 0.15) is 5.69 Å². The van der Waals surface area contributed by atoms with Crippen molar-refractivity contribution in [1.29, 1.82) is 0 Å². The third-order valence-corrected chi connectivity index (χ3v) is 4.03. The van der Waals surface area contributed by atoms with Crippen LogP contribution in [0.1, 0.15) is 40.3 Å². The predicted octanol–water partition coefficient (Wildman–Crippen LogP) is 4.24. The Kier molecular flexibility index (Phi) is 5.56. The van der Waals surface area contributed by atoms with E-state index in [1.165, 1.54) is 24.8 Å². The van der Waals surface area contributed by atoms with E-state index in [0.29, 0.717) is 17.2 Å². The number of nitrogens with zero attached hydrogens (tertiary/aromatic N) is 2. The highest BCUT2D eigenvalue weighted by Gasteiger charge is 2.10. The number of ketones is 1. The highest BCUT2D eigenvalue weighted by molar-refractivity contribution is 6.04. The summed E-state index contributed by atoms with van der Waals surface area (Å²) >= 11 is 0. The van der Waals surface area contributed by atoms with E-state index in [-0.39, 0.29) is 17.4 Å². The molecule has 0 saturated carbocycles. The van der Waals surface area contributed by atoms with Crippen LogP contribution in [0.5, 0.6) is 0 Å². The smallest absolute Gasteiger partial charge is 0.274 e. The maximum Gasteiger partial charge on any atom is 0.274 e. The van der Waals surface area contributed by atoms with Crippen LogP contribution in [0.2, 0.25) is 0 Å². The summed E-state index contributed by atoms with van der Waals surface area (Å²) in [5.41, 5.74) is 3.39. The van der Waals surface area contributed by atoms with E-state index in [1.807, 2.05) is 24.3 Å². The first-order valence-corrected chi connectivity index (χ1v) is 8.66. The molecule has 0 aliphatic rings. The Bertz CT molecular complexity index is 968. The molecule has 3 rings (SSSR count). The summed E-state index contributed by atoms with van der Waals surface area (Å²) in [5, 5.41) is 5.84. The number of Topliss-reactive ketones (excluding diaryl/α,β-unsaturated/α-hetero) is 1. The number of aromatic nitrogens is 2. The van der Waals surface area contributed by atoms with Crippen LogP contribution in [-0.4, -0.2) is 21.7 Å². The minimum atomic E-state index is -0.373. The molecule has 136 valence electrons. The van der Waals surface area contributed by atoms with Gasteiger partial charge in [-0.05, 0) is 49.2 Å². The Morgan fingerprint density at radius 1 is 1.00 bits per heavy atom. The average Bonchev–Trinajstić information content (AvgIpc) is 2.69. The summed E-state index contributed by atoms with van der Waals surface area (Å²) in [7, 11) is 0. The molecule has 1 aromatic heterocycles. The van der Waals surface area contributed by atoms with Gasteiger partial charge in [0, 0.05) is 23.1 Å². The summed E-state index contributed by atoms with van der Waals surface area (Å²) in [6.07, 6.45) is 2.49. The monoisotopic (exact) mass is 360 g/mol. The average molecular weight is 360 g/mol. The standard InChI is InChI=1S/C21H20N4O2/c1-3-15-7-9-17(10-8-15)24-21-22-12-11-19(25-21)20(27)23-18-6-4-5-16(13-18)14(2)26/h4-13H,3H2,1-2H3,(H,23,27)(H,22,24,25). The molecule has 1 amide bonds. The second kappa shape index (κ2) is 8.23. The van der Waals surface area contributed by atoms with E-state index in [0.717, 1.165) is 12.1 Å². The fraction of sp³-hybridized carbons (Fsp3) is 0.143.